The number of amides is 2. The molecule has 0 aliphatic carbocycles. The van der Waals surface area contributed by atoms with Gasteiger partial charge in [0.25, 0.3) is 0 Å². The topological polar surface area (TPSA) is 102 Å². The summed E-state index contributed by atoms with van der Waals surface area (Å²) in [6.07, 6.45) is 3.14. The number of rotatable bonds is 9. The molecule has 140 valence electrons. The molecule has 1 aromatic rings. The highest BCUT2D eigenvalue weighted by molar-refractivity contribution is 6.08. The average Bonchev–Trinajstić information content (AvgIpc) is 2.59. The predicted octanol–water partition coefficient (Wildman–Crippen LogP) is 3.37. The second-order valence-corrected chi connectivity index (χ2v) is 5.36. The van der Waals surface area contributed by atoms with Gasteiger partial charge in [-0.15, -0.1) is 0 Å². The van der Waals surface area contributed by atoms with Crippen molar-refractivity contribution < 1.29 is 23.5 Å². The Morgan fingerprint density at radius 3 is 2.08 bits per heavy atom. The Kier molecular flexibility index (Phi) is 9.20. The number of aromatic amines is 1. The number of aromatic nitrogens is 2. The number of carbonyl (C=O) groups is 2. The molecular formula is C16H24FN3O5. The van der Waals surface area contributed by atoms with Crippen molar-refractivity contribution >= 4 is 18.0 Å². The minimum Gasteiger partial charge on any atom is -0.449 e. The highest BCUT2D eigenvalue weighted by Crippen LogP contribution is 2.16. The molecule has 0 saturated heterocycles. The van der Waals surface area contributed by atoms with Gasteiger partial charge in [-0.25, -0.2) is 18.8 Å². The highest BCUT2D eigenvalue weighted by atomic mass is 19.1. The van der Waals surface area contributed by atoms with Crippen LogP contribution in [0.15, 0.2) is 11.0 Å². The first kappa shape index (κ1) is 20.6. The third kappa shape index (κ3) is 6.90. The zero-order valence-electron chi connectivity index (χ0n) is 14.5. The van der Waals surface area contributed by atoms with E-state index >= 15 is 0 Å². The number of ether oxygens (including phenoxy) is 2. The minimum absolute atomic E-state index is 0.0726. The second-order valence-electron chi connectivity index (χ2n) is 5.36. The van der Waals surface area contributed by atoms with E-state index in [1.807, 2.05) is 18.8 Å². The lowest BCUT2D eigenvalue weighted by molar-refractivity contribution is 0.131. The number of halogens is 1. The normalized spacial score (nSPS) is 10.4. The second kappa shape index (κ2) is 11.2. The third-order valence-electron chi connectivity index (χ3n) is 3.28. The lowest BCUT2D eigenvalue weighted by Gasteiger charge is -2.19. The Morgan fingerprint density at radius 2 is 1.60 bits per heavy atom. The van der Waals surface area contributed by atoms with Gasteiger partial charge in [-0.05, 0) is 12.8 Å². The summed E-state index contributed by atoms with van der Waals surface area (Å²) in [5.41, 5.74) is -0.904. The molecule has 0 aliphatic heterocycles. The Labute approximate surface area is 145 Å². The first-order chi connectivity index (χ1) is 12.0. The minimum atomic E-state index is -1.11. The van der Waals surface area contributed by atoms with Crippen molar-refractivity contribution in [3.63, 3.8) is 0 Å². The first-order valence-electron chi connectivity index (χ1n) is 8.39. The molecule has 8 nitrogen and oxygen atoms in total. The van der Waals surface area contributed by atoms with E-state index in [9.17, 15) is 18.8 Å². The quantitative estimate of drug-likeness (QED) is 0.680. The Balaban J connectivity index is 2.89. The van der Waals surface area contributed by atoms with Crippen molar-refractivity contribution in [2.75, 3.05) is 18.1 Å². The highest BCUT2D eigenvalue weighted by Gasteiger charge is 2.30. The van der Waals surface area contributed by atoms with E-state index in [0.717, 1.165) is 25.7 Å². The summed E-state index contributed by atoms with van der Waals surface area (Å²) in [5, 5.41) is 0. The number of unbranched alkanes of at least 4 members (excludes halogenated alkanes) is 4. The molecule has 0 saturated carbocycles. The summed E-state index contributed by atoms with van der Waals surface area (Å²) < 4.78 is 23.9. The summed E-state index contributed by atoms with van der Waals surface area (Å²) in [6.45, 7) is 4.12. The van der Waals surface area contributed by atoms with E-state index in [0.29, 0.717) is 23.9 Å². The van der Waals surface area contributed by atoms with Crippen LogP contribution in [0.5, 0.6) is 0 Å². The fraction of sp³-hybridized carbons (Fsp3) is 0.625. The summed E-state index contributed by atoms with van der Waals surface area (Å²) in [5.74, 6) is -1.70. The number of nitrogens with zero attached hydrogens (tertiary/aromatic N) is 2. The maximum atomic E-state index is 13.9. The van der Waals surface area contributed by atoms with Gasteiger partial charge in [-0.1, -0.05) is 39.5 Å². The summed E-state index contributed by atoms with van der Waals surface area (Å²) in [7, 11) is 0. The third-order valence-corrected chi connectivity index (χ3v) is 3.28. The molecule has 0 atom stereocenters. The van der Waals surface area contributed by atoms with Crippen LogP contribution in [0.2, 0.25) is 0 Å². The van der Waals surface area contributed by atoms with Gasteiger partial charge in [-0.3, -0.25) is 4.98 Å². The first-order valence-corrected chi connectivity index (χ1v) is 8.39. The predicted molar refractivity (Wildman–Crippen MR) is 89.0 cm³/mol. The maximum Gasteiger partial charge on any atom is 0.425 e. The lowest BCUT2D eigenvalue weighted by Crippen LogP contribution is -2.40. The molecule has 0 aliphatic rings. The molecular weight excluding hydrogens is 333 g/mol. The molecule has 1 heterocycles. The van der Waals surface area contributed by atoms with Crippen molar-refractivity contribution in [1.29, 1.82) is 0 Å². The van der Waals surface area contributed by atoms with Crippen LogP contribution in [0.3, 0.4) is 0 Å². The van der Waals surface area contributed by atoms with Crippen molar-refractivity contribution in [3.05, 3.63) is 22.5 Å². The smallest absolute Gasteiger partial charge is 0.425 e. The van der Waals surface area contributed by atoms with Crippen molar-refractivity contribution in [2.24, 2.45) is 0 Å². The summed E-state index contributed by atoms with van der Waals surface area (Å²) in [6, 6.07) is 0. The van der Waals surface area contributed by atoms with Crippen LogP contribution in [0.25, 0.3) is 0 Å². The van der Waals surface area contributed by atoms with Gasteiger partial charge in [0.15, 0.2) is 11.6 Å². The lowest BCUT2D eigenvalue weighted by atomic mass is 10.3. The van der Waals surface area contributed by atoms with E-state index in [-0.39, 0.29) is 13.2 Å². The zero-order chi connectivity index (χ0) is 18.7. The number of imide groups is 1. The van der Waals surface area contributed by atoms with E-state index in [1.165, 1.54) is 0 Å². The Morgan fingerprint density at radius 1 is 1.08 bits per heavy atom. The Bertz CT molecular complexity index is 596. The number of nitrogens with one attached hydrogen (secondary N) is 1. The van der Waals surface area contributed by atoms with Gasteiger partial charge < -0.3 is 9.47 Å². The van der Waals surface area contributed by atoms with Gasteiger partial charge in [0.1, 0.15) is 0 Å². The van der Waals surface area contributed by atoms with Crippen LogP contribution >= 0.6 is 0 Å². The van der Waals surface area contributed by atoms with Gasteiger partial charge >= 0.3 is 17.9 Å². The molecule has 9 heteroatoms. The zero-order valence-corrected chi connectivity index (χ0v) is 14.5. The van der Waals surface area contributed by atoms with Crippen molar-refractivity contribution in [1.82, 2.24) is 9.97 Å². The number of anilines is 1. The molecule has 0 spiro atoms. The monoisotopic (exact) mass is 357 g/mol. The molecule has 1 aromatic heterocycles. The van der Waals surface area contributed by atoms with Gasteiger partial charge in [0.05, 0.1) is 19.4 Å². The average molecular weight is 357 g/mol. The van der Waals surface area contributed by atoms with Crippen LogP contribution < -0.4 is 10.6 Å². The molecule has 0 unspecified atom stereocenters. The molecule has 0 bridgehead atoms. The number of carbonyl (C=O) groups excluding carboxylic acids is 2. The molecule has 1 rings (SSSR count). The van der Waals surface area contributed by atoms with E-state index in [1.54, 1.807) is 0 Å². The van der Waals surface area contributed by atoms with Crippen LogP contribution in [-0.4, -0.2) is 35.4 Å². The standard InChI is InChI=1S/C16H24FN3O5/c1-3-5-7-9-24-15(22)20(16(23)25-10-8-6-4-2)13-12(17)11-18-14(21)19-13/h11H,3-10H2,1-2H3,(H,18,19,21). The van der Waals surface area contributed by atoms with Gasteiger partial charge in [0, 0.05) is 0 Å². The van der Waals surface area contributed by atoms with Crippen LogP contribution in [0.1, 0.15) is 52.4 Å². The number of hydrogen-bond donors (Lipinski definition) is 1. The van der Waals surface area contributed by atoms with E-state index in [4.69, 9.17) is 9.47 Å². The van der Waals surface area contributed by atoms with Crippen LogP contribution in [-0.2, 0) is 9.47 Å². The van der Waals surface area contributed by atoms with Crippen LogP contribution in [0.4, 0.5) is 19.8 Å². The van der Waals surface area contributed by atoms with Crippen molar-refractivity contribution in [2.45, 2.75) is 52.4 Å². The van der Waals surface area contributed by atoms with Gasteiger partial charge in [0.2, 0.25) is 0 Å². The number of hydrogen-bond acceptors (Lipinski definition) is 6. The molecule has 0 fully saturated rings. The van der Waals surface area contributed by atoms with E-state index < -0.39 is 29.5 Å². The Hall–Kier alpha value is -2.45. The fourth-order valence-corrected chi connectivity index (χ4v) is 1.94. The van der Waals surface area contributed by atoms with Gasteiger partial charge in [-0.2, -0.15) is 9.88 Å². The molecule has 2 amide bonds. The van der Waals surface area contributed by atoms with Crippen LogP contribution in [0, 0.1) is 5.82 Å². The molecule has 0 aromatic carbocycles. The molecule has 1 N–H and O–H groups in total. The SMILES string of the molecule is CCCCCOC(=O)N(C(=O)OCCCCC)c1[nH]c(=O)ncc1F. The van der Waals surface area contributed by atoms with Crippen molar-refractivity contribution in [3.8, 4) is 0 Å². The maximum absolute atomic E-state index is 13.9. The van der Waals surface area contributed by atoms with E-state index in [2.05, 4.69) is 4.98 Å². The fourth-order valence-electron chi connectivity index (χ4n) is 1.94. The largest absolute Gasteiger partial charge is 0.449 e. The summed E-state index contributed by atoms with van der Waals surface area (Å²) >= 11 is 0. The number of H-pyrrole nitrogens is 1. The molecule has 0 radical (unpaired) electrons. The summed E-state index contributed by atoms with van der Waals surface area (Å²) in [4.78, 5) is 41.3. The molecule has 25 heavy (non-hydrogen) atoms.